The molecule has 0 aromatic heterocycles. The molecular formula is C37H51N9O5S2. The number of primary amides is 1. The van der Waals surface area contributed by atoms with Gasteiger partial charge in [-0.3, -0.25) is 33.9 Å². The number of thiocarbonyl (C=S) groups is 1. The minimum atomic E-state index is -1.05. The lowest BCUT2D eigenvalue weighted by molar-refractivity contribution is -0.132. The van der Waals surface area contributed by atoms with E-state index in [0.29, 0.717) is 60.0 Å². The van der Waals surface area contributed by atoms with Gasteiger partial charge in [-0.2, -0.15) is 0 Å². The van der Waals surface area contributed by atoms with Crippen molar-refractivity contribution >= 4 is 69.9 Å². The van der Waals surface area contributed by atoms with E-state index in [9.17, 15) is 24.0 Å². The quantitative estimate of drug-likeness (QED) is 0.0322. The van der Waals surface area contributed by atoms with Crippen molar-refractivity contribution < 1.29 is 24.0 Å². The fourth-order valence-corrected chi connectivity index (χ4v) is 6.66. The third-order valence-corrected chi connectivity index (χ3v) is 9.84. The zero-order valence-corrected chi connectivity index (χ0v) is 31.9. The first kappa shape index (κ1) is 42.6. The Kier molecular flexibility index (Phi) is 17.4. The number of hydrogen-bond acceptors (Lipinski definition) is 9. The Labute approximate surface area is 320 Å². The third kappa shape index (κ3) is 13.9. The highest BCUT2D eigenvalue weighted by Gasteiger charge is 2.32. The zero-order chi connectivity index (χ0) is 38.9. The molecule has 2 aromatic carbocycles. The number of hydrogen-bond donors (Lipinski definition) is 7. The van der Waals surface area contributed by atoms with Crippen molar-refractivity contribution in [3.8, 4) is 0 Å². The van der Waals surface area contributed by atoms with E-state index < -0.39 is 41.8 Å². The maximum absolute atomic E-state index is 13.7. The minimum absolute atomic E-state index is 0.104. The number of aryl methyl sites for hydroxylation is 1. The molecule has 16 heteroatoms. The van der Waals surface area contributed by atoms with Gasteiger partial charge in [-0.25, -0.2) is 0 Å². The molecule has 0 radical (unpaired) electrons. The van der Waals surface area contributed by atoms with E-state index in [1.807, 2.05) is 38.1 Å². The molecule has 0 bridgehead atoms. The van der Waals surface area contributed by atoms with Crippen LogP contribution in [0.5, 0.6) is 0 Å². The molecule has 1 saturated heterocycles. The fourth-order valence-electron chi connectivity index (χ4n) is 5.41. The van der Waals surface area contributed by atoms with Crippen LogP contribution in [0, 0.1) is 6.92 Å². The van der Waals surface area contributed by atoms with E-state index in [4.69, 9.17) is 35.2 Å². The van der Waals surface area contributed by atoms with Gasteiger partial charge in [0.2, 0.25) is 17.7 Å². The third-order valence-electron chi connectivity index (χ3n) is 8.46. The summed E-state index contributed by atoms with van der Waals surface area (Å²) in [6.07, 6.45) is 5.50. The molecule has 14 nitrogen and oxygen atoms in total. The van der Waals surface area contributed by atoms with Crippen molar-refractivity contribution in [2.75, 3.05) is 13.1 Å². The molecule has 0 unspecified atom stereocenters. The number of amides is 5. The number of nitrogens with two attached hydrogens (primary N) is 4. The Balaban J connectivity index is 1.73. The Morgan fingerprint density at radius 3 is 2.06 bits per heavy atom. The van der Waals surface area contributed by atoms with Crippen LogP contribution in [-0.4, -0.2) is 75.9 Å². The maximum Gasteiger partial charge on any atom is 0.266 e. The summed E-state index contributed by atoms with van der Waals surface area (Å²) in [6, 6.07) is 11.5. The molecule has 1 fully saturated rings. The van der Waals surface area contributed by atoms with Crippen molar-refractivity contribution in [2.24, 2.45) is 27.9 Å². The summed E-state index contributed by atoms with van der Waals surface area (Å²) < 4.78 is 0.463. The monoisotopic (exact) mass is 765 g/mol. The molecule has 0 aliphatic carbocycles. The second-order valence-corrected chi connectivity index (χ2v) is 14.5. The lowest BCUT2D eigenvalue weighted by Crippen LogP contribution is -2.56. The van der Waals surface area contributed by atoms with Gasteiger partial charge in [0, 0.05) is 12.1 Å². The molecule has 0 saturated carbocycles. The van der Waals surface area contributed by atoms with Crippen molar-refractivity contribution in [1.29, 1.82) is 0 Å². The molecule has 11 N–H and O–H groups in total. The van der Waals surface area contributed by atoms with Gasteiger partial charge >= 0.3 is 0 Å². The molecule has 5 amide bonds. The number of guanidine groups is 1. The largest absolute Gasteiger partial charge is 0.370 e. The van der Waals surface area contributed by atoms with E-state index in [1.54, 1.807) is 35.2 Å². The predicted octanol–water partition coefficient (Wildman–Crippen LogP) is 2.32. The van der Waals surface area contributed by atoms with E-state index in [2.05, 4.69) is 20.9 Å². The second kappa shape index (κ2) is 21.7. The number of nitrogens with zero attached hydrogens (tertiary/aromatic N) is 2. The number of carbonyl (C=O) groups excluding carboxylic acids is 5. The summed E-state index contributed by atoms with van der Waals surface area (Å²) in [5, 5.41) is 8.21. The molecule has 0 spiro atoms. The van der Waals surface area contributed by atoms with E-state index in [1.165, 1.54) is 11.8 Å². The van der Waals surface area contributed by atoms with Crippen LogP contribution in [0.1, 0.15) is 85.3 Å². The summed E-state index contributed by atoms with van der Waals surface area (Å²) in [4.78, 5) is 71.6. The minimum Gasteiger partial charge on any atom is -0.370 e. The summed E-state index contributed by atoms with van der Waals surface area (Å²) in [5.74, 6) is -2.64. The first-order valence-electron chi connectivity index (χ1n) is 17.7. The van der Waals surface area contributed by atoms with Gasteiger partial charge in [0.25, 0.3) is 11.8 Å². The summed E-state index contributed by atoms with van der Waals surface area (Å²) in [6.45, 7) is 4.94. The maximum atomic E-state index is 13.7. The topological polar surface area (TPSA) is 241 Å². The van der Waals surface area contributed by atoms with Crippen LogP contribution < -0.4 is 38.9 Å². The van der Waals surface area contributed by atoms with Crippen molar-refractivity contribution in [2.45, 2.75) is 89.9 Å². The van der Waals surface area contributed by atoms with Gasteiger partial charge in [0.15, 0.2) is 5.96 Å². The summed E-state index contributed by atoms with van der Waals surface area (Å²) >= 11 is 6.70. The van der Waals surface area contributed by atoms with Gasteiger partial charge in [-0.15, -0.1) is 0 Å². The molecule has 1 heterocycles. The van der Waals surface area contributed by atoms with Crippen LogP contribution in [-0.2, 0) is 25.7 Å². The number of nitrogens with one attached hydrogen (secondary N) is 3. The second-order valence-electron chi connectivity index (χ2n) is 12.8. The average molecular weight is 766 g/mol. The van der Waals surface area contributed by atoms with Gasteiger partial charge < -0.3 is 38.9 Å². The van der Waals surface area contributed by atoms with Gasteiger partial charge in [0.1, 0.15) is 22.4 Å². The molecule has 286 valence electrons. The predicted molar refractivity (Wildman–Crippen MR) is 213 cm³/mol. The molecule has 3 atom stereocenters. The number of unbranched alkanes of at least 4 members (excludes halogenated alkanes) is 2. The van der Waals surface area contributed by atoms with Crippen LogP contribution in [0.25, 0.3) is 6.08 Å². The van der Waals surface area contributed by atoms with Crippen LogP contribution >= 0.6 is 24.0 Å². The highest BCUT2D eigenvalue weighted by Crippen LogP contribution is 2.33. The molecule has 1 aliphatic rings. The molecule has 53 heavy (non-hydrogen) atoms. The number of carbonyl (C=O) groups is 5. The van der Waals surface area contributed by atoms with Crippen LogP contribution in [0.3, 0.4) is 0 Å². The zero-order valence-electron chi connectivity index (χ0n) is 30.3. The molecule has 2 aromatic rings. The van der Waals surface area contributed by atoms with Crippen molar-refractivity contribution in [1.82, 2.24) is 20.9 Å². The normalized spacial score (nSPS) is 15.1. The Bertz CT molecular complexity index is 1660. The SMILES string of the molecule is CCCC[C@H](NC(=O)[C@H](CCCCN)NC(=O)[C@H](CCCN=C(N)N)NC(=O)c1ccc(/C=C2\SC(=S)N(Cc3ccc(C)cc3)C2=O)cc1)C(N)=O. The number of aliphatic imine (C=N–C) groups is 1. The highest BCUT2D eigenvalue weighted by molar-refractivity contribution is 8.26. The molecular weight excluding hydrogens is 715 g/mol. The first-order chi connectivity index (χ1) is 25.3. The van der Waals surface area contributed by atoms with Gasteiger partial charge in [-0.05, 0) is 81.3 Å². The summed E-state index contributed by atoms with van der Waals surface area (Å²) in [5.41, 5.74) is 25.2. The standard InChI is InChI=1S/C37H51N9O5S2/c1-3-4-8-27(31(39)47)43-33(49)28(9-5-6-19-38)45-34(50)29(10-7-20-42-36(40)41)44-32(48)26-17-15-24(16-18-26)21-30-35(51)46(37(52)53-30)22-25-13-11-23(2)12-14-25/h11-18,21,27-29H,3-10,19-20,22,38H2,1-2H3,(H2,39,47)(H,43,49)(H,44,48)(H,45,50)(H4,40,41,42)/b30-21-/t27-,28-,29-/m0/s1. The van der Waals surface area contributed by atoms with Crippen LogP contribution in [0.2, 0.25) is 0 Å². The highest BCUT2D eigenvalue weighted by atomic mass is 32.2. The lowest BCUT2D eigenvalue weighted by atomic mass is 10.0. The summed E-state index contributed by atoms with van der Waals surface area (Å²) in [7, 11) is 0. The van der Waals surface area contributed by atoms with Crippen molar-refractivity contribution in [3.63, 3.8) is 0 Å². The lowest BCUT2D eigenvalue weighted by Gasteiger charge is -2.25. The average Bonchev–Trinajstić information content (AvgIpc) is 3.38. The Morgan fingerprint density at radius 1 is 0.849 bits per heavy atom. The number of benzene rings is 2. The van der Waals surface area contributed by atoms with Gasteiger partial charge in [-0.1, -0.05) is 85.7 Å². The van der Waals surface area contributed by atoms with Gasteiger partial charge in [0.05, 0.1) is 11.4 Å². The molecule has 3 rings (SSSR count). The smallest absolute Gasteiger partial charge is 0.266 e. The Hall–Kier alpha value is -4.80. The van der Waals surface area contributed by atoms with Crippen LogP contribution in [0.4, 0.5) is 0 Å². The van der Waals surface area contributed by atoms with Crippen LogP contribution in [0.15, 0.2) is 58.4 Å². The first-order valence-corrected chi connectivity index (χ1v) is 18.9. The number of rotatable bonds is 21. The van der Waals surface area contributed by atoms with E-state index in [-0.39, 0.29) is 36.8 Å². The van der Waals surface area contributed by atoms with E-state index in [0.717, 1.165) is 17.5 Å². The molecule has 1 aliphatic heterocycles. The van der Waals surface area contributed by atoms with Crippen molar-refractivity contribution in [3.05, 3.63) is 75.7 Å². The Morgan fingerprint density at radius 2 is 1.45 bits per heavy atom. The van der Waals surface area contributed by atoms with E-state index >= 15 is 0 Å². The fraction of sp³-hybridized carbons (Fsp3) is 0.432. The number of thioether (sulfide) groups is 1.